The minimum Gasteiger partial charge on any atom is -0.504 e. The van der Waals surface area contributed by atoms with Gasteiger partial charge in [0.1, 0.15) is 0 Å². The normalized spacial score (nSPS) is 11.2. The van der Waals surface area contributed by atoms with Gasteiger partial charge in [0, 0.05) is 0 Å². The van der Waals surface area contributed by atoms with Crippen molar-refractivity contribution in [1.82, 2.24) is 9.97 Å². The fraction of sp³-hybridized carbons (Fsp3) is 0.0909. The van der Waals surface area contributed by atoms with Crippen LogP contribution in [0.25, 0.3) is 24.3 Å². The second-order valence-corrected chi connectivity index (χ2v) is 5.90. The molecule has 0 fully saturated rings. The Morgan fingerprint density at radius 3 is 1.46 bits per heavy atom. The molecular formula is C22H20N2O4. The zero-order valence-corrected chi connectivity index (χ0v) is 15.5. The van der Waals surface area contributed by atoms with Crippen LogP contribution in [0.4, 0.5) is 0 Å². The van der Waals surface area contributed by atoms with Crippen molar-refractivity contribution in [3.63, 3.8) is 0 Å². The van der Waals surface area contributed by atoms with E-state index in [1.165, 1.54) is 14.2 Å². The van der Waals surface area contributed by atoms with E-state index in [1.807, 2.05) is 24.3 Å². The second kappa shape index (κ2) is 8.73. The van der Waals surface area contributed by atoms with E-state index < -0.39 is 0 Å². The van der Waals surface area contributed by atoms with Crippen LogP contribution >= 0.6 is 0 Å². The summed E-state index contributed by atoms with van der Waals surface area (Å²) >= 11 is 0. The fourth-order valence-electron chi connectivity index (χ4n) is 2.48. The van der Waals surface area contributed by atoms with Crippen molar-refractivity contribution in [3.05, 3.63) is 71.3 Å². The third-order valence-corrected chi connectivity index (χ3v) is 3.99. The number of ether oxygens (including phenoxy) is 2. The van der Waals surface area contributed by atoms with Crippen molar-refractivity contribution in [1.29, 1.82) is 0 Å². The first-order valence-corrected chi connectivity index (χ1v) is 8.51. The molecule has 0 radical (unpaired) electrons. The second-order valence-electron chi connectivity index (χ2n) is 5.90. The van der Waals surface area contributed by atoms with Gasteiger partial charge in [0.15, 0.2) is 23.0 Å². The number of methoxy groups -OCH3 is 2. The highest BCUT2D eigenvalue weighted by molar-refractivity contribution is 5.71. The van der Waals surface area contributed by atoms with Gasteiger partial charge in [-0.3, -0.25) is 9.97 Å². The van der Waals surface area contributed by atoms with E-state index in [0.717, 1.165) is 11.1 Å². The van der Waals surface area contributed by atoms with E-state index in [0.29, 0.717) is 22.9 Å². The van der Waals surface area contributed by atoms with Crippen LogP contribution in [0.15, 0.2) is 48.8 Å². The molecule has 0 saturated heterocycles. The quantitative estimate of drug-likeness (QED) is 0.669. The van der Waals surface area contributed by atoms with Crippen LogP contribution in [0.5, 0.6) is 23.0 Å². The molecule has 2 aromatic carbocycles. The van der Waals surface area contributed by atoms with Gasteiger partial charge in [0.05, 0.1) is 38.0 Å². The summed E-state index contributed by atoms with van der Waals surface area (Å²) in [6.07, 6.45) is 10.7. The van der Waals surface area contributed by atoms with Crippen LogP contribution < -0.4 is 9.47 Å². The summed E-state index contributed by atoms with van der Waals surface area (Å²) in [5.74, 6) is 1.03. The minimum absolute atomic E-state index is 0.0989. The average Bonchev–Trinajstić information content (AvgIpc) is 2.73. The van der Waals surface area contributed by atoms with E-state index in [2.05, 4.69) is 9.97 Å². The molecule has 1 aromatic heterocycles. The predicted octanol–water partition coefficient (Wildman–Crippen LogP) is 4.25. The van der Waals surface area contributed by atoms with Crippen molar-refractivity contribution < 1.29 is 19.7 Å². The number of benzene rings is 2. The lowest BCUT2D eigenvalue weighted by Gasteiger charge is -2.03. The molecule has 6 nitrogen and oxygen atoms in total. The number of aromatic nitrogens is 2. The maximum Gasteiger partial charge on any atom is 0.161 e. The third-order valence-electron chi connectivity index (χ3n) is 3.99. The van der Waals surface area contributed by atoms with Gasteiger partial charge in [-0.25, -0.2) is 0 Å². The van der Waals surface area contributed by atoms with Crippen LogP contribution in [0.2, 0.25) is 0 Å². The molecule has 3 rings (SSSR count). The van der Waals surface area contributed by atoms with Crippen molar-refractivity contribution in [3.8, 4) is 23.0 Å². The van der Waals surface area contributed by atoms with Gasteiger partial charge >= 0.3 is 0 Å². The number of hydrogen-bond donors (Lipinski definition) is 2. The van der Waals surface area contributed by atoms with E-state index in [1.54, 1.807) is 48.8 Å². The first-order chi connectivity index (χ1) is 13.6. The van der Waals surface area contributed by atoms with Gasteiger partial charge in [0.2, 0.25) is 0 Å². The lowest BCUT2D eigenvalue weighted by atomic mass is 10.1. The lowest BCUT2D eigenvalue weighted by Crippen LogP contribution is -1.87. The Morgan fingerprint density at radius 1 is 0.679 bits per heavy atom. The van der Waals surface area contributed by atoms with Gasteiger partial charge in [-0.2, -0.15) is 0 Å². The molecule has 0 unspecified atom stereocenters. The molecule has 0 aliphatic rings. The Hall–Kier alpha value is -3.80. The standard InChI is InChI=1S/C22H20N2O4/c1-27-21-11-15(5-9-19(21)25)3-7-17-13-24-18(14-23-17)8-4-16-6-10-20(26)22(12-16)28-2/h3-14,25-26H,1-2H3/b7-3+,8-4+. The molecule has 28 heavy (non-hydrogen) atoms. The topological polar surface area (TPSA) is 84.7 Å². The highest BCUT2D eigenvalue weighted by atomic mass is 16.5. The molecule has 0 spiro atoms. The van der Waals surface area contributed by atoms with Gasteiger partial charge < -0.3 is 19.7 Å². The Balaban J connectivity index is 1.69. The SMILES string of the molecule is COc1cc(/C=C/c2cnc(/C=C/c3ccc(O)c(OC)c3)cn2)ccc1O. The summed E-state index contributed by atoms with van der Waals surface area (Å²) in [5, 5.41) is 19.3. The number of nitrogens with zero attached hydrogens (tertiary/aromatic N) is 2. The first kappa shape index (κ1) is 19.0. The maximum absolute atomic E-state index is 9.63. The van der Waals surface area contributed by atoms with E-state index in [9.17, 15) is 10.2 Å². The average molecular weight is 376 g/mol. The van der Waals surface area contributed by atoms with Crippen LogP contribution in [0.1, 0.15) is 22.5 Å². The molecule has 3 aromatic rings. The van der Waals surface area contributed by atoms with Crippen LogP contribution in [0, 0.1) is 0 Å². The summed E-state index contributed by atoms with van der Waals surface area (Å²) in [6.45, 7) is 0. The smallest absolute Gasteiger partial charge is 0.161 e. The van der Waals surface area contributed by atoms with E-state index >= 15 is 0 Å². The molecule has 0 aliphatic carbocycles. The van der Waals surface area contributed by atoms with Crippen molar-refractivity contribution >= 4 is 24.3 Å². The van der Waals surface area contributed by atoms with Crippen LogP contribution in [-0.4, -0.2) is 34.4 Å². The highest BCUT2D eigenvalue weighted by Gasteiger charge is 2.02. The van der Waals surface area contributed by atoms with E-state index in [-0.39, 0.29) is 11.5 Å². The highest BCUT2D eigenvalue weighted by Crippen LogP contribution is 2.28. The van der Waals surface area contributed by atoms with Crippen molar-refractivity contribution in [2.75, 3.05) is 14.2 Å². The summed E-state index contributed by atoms with van der Waals surface area (Å²) in [7, 11) is 3.02. The van der Waals surface area contributed by atoms with E-state index in [4.69, 9.17) is 9.47 Å². The molecule has 0 saturated carbocycles. The predicted molar refractivity (Wildman–Crippen MR) is 109 cm³/mol. The summed E-state index contributed by atoms with van der Waals surface area (Å²) < 4.78 is 10.2. The molecule has 6 heteroatoms. The van der Waals surface area contributed by atoms with Crippen LogP contribution in [-0.2, 0) is 0 Å². The fourth-order valence-corrected chi connectivity index (χ4v) is 2.48. The minimum atomic E-state index is 0.0989. The van der Waals surface area contributed by atoms with Crippen molar-refractivity contribution in [2.24, 2.45) is 0 Å². The van der Waals surface area contributed by atoms with Gasteiger partial charge in [-0.05, 0) is 47.5 Å². The molecule has 1 heterocycles. The van der Waals surface area contributed by atoms with Gasteiger partial charge in [-0.15, -0.1) is 0 Å². The number of hydrogen-bond acceptors (Lipinski definition) is 6. The van der Waals surface area contributed by atoms with Gasteiger partial charge in [0.25, 0.3) is 0 Å². The number of phenolic OH excluding ortho intramolecular Hbond substituents is 2. The Kier molecular flexibility index (Phi) is 5.91. The maximum atomic E-state index is 9.63. The Bertz CT molecular complexity index is 929. The molecule has 0 atom stereocenters. The zero-order valence-electron chi connectivity index (χ0n) is 15.5. The molecule has 2 N–H and O–H groups in total. The molecule has 0 bridgehead atoms. The monoisotopic (exact) mass is 376 g/mol. The first-order valence-electron chi connectivity index (χ1n) is 8.51. The summed E-state index contributed by atoms with van der Waals surface area (Å²) in [6, 6.07) is 10.2. The summed E-state index contributed by atoms with van der Waals surface area (Å²) in [4.78, 5) is 8.74. The lowest BCUT2D eigenvalue weighted by molar-refractivity contribution is 0.373. The number of rotatable bonds is 6. The Labute approximate surface area is 163 Å². The molecule has 0 amide bonds. The molecule has 0 aliphatic heterocycles. The van der Waals surface area contributed by atoms with Crippen molar-refractivity contribution in [2.45, 2.75) is 0 Å². The van der Waals surface area contributed by atoms with Gasteiger partial charge in [-0.1, -0.05) is 24.3 Å². The third kappa shape index (κ3) is 4.67. The Morgan fingerprint density at radius 2 is 1.11 bits per heavy atom. The summed E-state index contributed by atoms with van der Waals surface area (Å²) in [5.41, 5.74) is 3.16. The number of aromatic hydroxyl groups is 2. The molecular weight excluding hydrogens is 356 g/mol. The largest absolute Gasteiger partial charge is 0.504 e. The number of phenols is 2. The van der Waals surface area contributed by atoms with Crippen LogP contribution in [0.3, 0.4) is 0 Å². The zero-order chi connectivity index (χ0) is 19.9. The molecule has 142 valence electrons.